The van der Waals surface area contributed by atoms with Gasteiger partial charge >= 0.3 is 5.97 Å². The van der Waals surface area contributed by atoms with E-state index in [2.05, 4.69) is 16.1 Å². The number of thioether (sulfide) groups is 1. The molecular formula is C11H11N3O2S. The van der Waals surface area contributed by atoms with Gasteiger partial charge in [-0.2, -0.15) is 0 Å². The number of rotatable bonds is 1. The van der Waals surface area contributed by atoms with E-state index >= 15 is 0 Å². The SMILES string of the molecule is CC(=O)ON1N=C(C)N2c3ccccc3SC12. The van der Waals surface area contributed by atoms with Crippen molar-refractivity contribution in [2.75, 3.05) is 4.90 Å². The van der Waals surface area contributed by atoms with E-state index in [-0.39, 0.29) is 11.5 Å². The Labute approximate surface area is 103 Å². The Morgan fingerprint density at radius 1 is 1.47 bits per heavy atom. The minimum atomic E-state index is -0.361. The summed E-state index contributed by atoms with van der Waals surface area (Å²) in [6.45, 7) is 3.28. The summed E-state index contributed by atoms with van der Waals surface area (Å²) < 4.78 is 0. The van der Waals surface area contributed by atoms with Gasteiger partial charge in [0.15, 0.2) is 0 Å². The second-order valence-corrected chi connectivity index (χ2v) is 4.91. The first-order chi connectivity index (χ1) is 8.16. The first-order valence-corrected chi connectivity index (χ1v) is 6.12. The minimum Gasteiger partial charge on any atom is -0.321 e. The average Bonchev–Trinajstić information content (AvgIpc) is 2.78. The van der Waals surface area contributed by atoms with Crippen LogP contribution >= 0.6 is 11.8 Å². The van der Waals surface area contributed by atoms with Gasteiger partial charge in [0, 0.05) is 11.8 Å². The van der Waals surface area contributed by atoms with E-state index in [1.54, 1.807) is 11.8 Å². The summed E-state index contributed by atoms with van der Waals surface area (Å²) >= 11 is 1.62. The summed E-state index contributed by atoms with van der Waals surface area (Å²) in [4.78, 5) is 19.3. The summed E-state index contributed by atoms with van der Waals surface area (Å²) in [5, 5.41) is 5.59. The highest BCUT2D eigenvalue weighted by atomic mass is 32.2. The zero-order valence-corrected chi connectivity index (χ0v) is 10.3. The van der Waals surface area contributed by atoms with Crippen LogP contribution < -0.4 is 4.90 Å². The topological polar surface area (TPSA) is 45.1 Å². The molecule has 88 valence electrons. The van der Waals surface area contributed by atoms with E-state index in [1.807, 2.05) is 25.1 Å². The molecule has 0 aromatic heterocycles. The predicted octanol–water partition coefficient (Wildman–Crippen LogP) is 2.01. The van der Waals surface area contributed by atoms with E-state index in [1.165, 1.54) is 17.0 Å². The molecule has 2 aliphatic rings. The summed E-state index contributed by atoms with van der Waals surface area (Å²) in [7, 11) is 0. The lowest BCUT2D eigenvalue weighted by atomic mass is 10.3. The van der Waals surface area contributed by atoms with Crippen LogP contribution in [0.15, 0.2) is 34.3 Å². The molecule has 17 heavy (non-hydrogen) atoms. The fourth-order valence-corrected chi connectivity index (χ4v) is 3.18. The van der Waals surface area contributed by atoms with Crippen molar-refractivity contribution in [2.45, 2.75) is 24.2 Å². The Balaban J connectivity index is 1.95. The van der Waals surface area contributed by atoms with E-state index in [0.717, 1.165) is 11.5 Å². The van der Waals surface area contributed by atoms with Gasteiger partial charge in [-0.05, 0) is 19.1 Å². The highest BCUT2D eigenvalue weighted by Crippen LogP contribution is 2.47. The summed E-state index contributed by atoms with van der Waals surface area (Å²) in [5.74, 6) is 0.466. The summed E-state index contributed by atoms with van der Waals surface area (Å²) in [5.41, 5.74) is 0.995. The Kier molecular flexibility index (Phi) is 2.25. The van der Waals surface area contributed by atoms with Gasteiger partial charge in [-0.1, -0.05) is 29.1 Å². The molecule has 0 saturated carbocycles. The number of carbonyl (C=O) groups is 1. The first-order valence-electron chi connectivity index (χ1n) is 5.25. The standard InChI is InChI=1S/C11H11N3O2S/c1-7-12-14(16-8(2)15)11-13(7)9-5-3-4-6-10(9)17-11/h3-6,11H,1-2H3. The quantitative estimate of drug-likeness (QED) is 0.761. The molecule has 1 atom stereocenters. The Hall–Kier alpha value is -1.69. The number of hydrazone groups is 1. The minimum absolute atomic E-state index is 0.115. The molecule has 3 rings (SSSR count). The molecule has 0 aliphatic carbocycles. The number of hydroxylamine groups is 1. The molecule has 0 spiro atoms. The predicted molar refractivity (Wildman–Crippen MR) is 65.3 cm³/mol. The highest BCUT2D eigenvalue weighted by Gasteiger charge is 2.42. The smallest absolute Gasteiger partial charge is 0.321 e. The van der Waals surface area contributed by atoms with Crippen LogP contribution in [0.3, 0.4) is 0 Å². The number of benzene rings is 1. The van der Waals surface area contributed by atoms with Gasteiger partial charge in [-0.25, -0.2) is 4.79 Å². The lowest BCUT2D eigenvalue weighted by Crippen LogP contribution is -2.36. The van der Waals surface area contributed by atoms with Crippen molar-refractivity contribution in [3.63, 3.8) is 0 Å². The van der Waals surface area contributed by atoms with Crippen LogP contribution in [0.1, 0.15) is 13.8 Å². The third-order valence-corrected chi connectivity index (χ3v) is 3.78. The van der Waals surface area contributed by atoms with Crippen molar-refractivity contribution < 1.29 is 9.63 Å². The normalized spacial score (nSPS) is 21.1. The molecule has 2 heterocycles. The van der Waals surface area contributed by atoms with Crippen molar-refractivity contribution in [1.82, 2.24) is 5.17 Å². The van der Waals surface area contributed by atoms with Crippen molar-refractivity contribution in [3.8, 4) is 0 Å². The van der Waals surface area contributed by atoms with Gasteiger partial charge in [0.25, 0.3) is 0 Å². The molecule has 6 heteroatoms. The monoisotopic (exact) mass is 249 g/mol. The largest absolute Gasteiger partial charge is 0.331 e. The maximum Gasteiger partial charge on any atom is 0.331 e. The van der Waals surface area contributed by atoms with Gasteiger partial charge in [-0.3, -0.25) is 4.90 Å². The lowest BCUT2D eigenvalue weighted by molar-refractivity contribution is -0.188. The molecule has 0 bridgehead atoms. The van der Waals surface area contributed by atoms with Crippen molar-refractivity contribution in [1.29, 1.82) is 0 Å². The molecular weight excluding hydrogens is 238 g/mol. The number of hydrogen-bond acceptors (Lipinski definition) is 6. The molecule has 0 radical (unpaired) electrons. The van der Waals surface area contributed by atoms with Gasteiger partial charge in [0.1, 0.15) is 5.84 Å². The first kappa shape index (κ1) is 10.5. The maximum atomic E-state index is 11.0. The molecule has 1 aromatic rings. The number of para-hydroxylation sites is 1. The van der Waals surface area contributed by atoms with E-state index in [0.29, 0.717) is 0 Å². The Morgan fingerprint density at radius 2 is 2.24 bits per heavy atom. The van der Waals surface area contributed by atoms with Crippen LogP contribution in [0.5, 0.6) is 0 Å². The number of fused-ring (bicyclic) bond motifs is 3. The molecule has 5 nitrogen and oxygen atoms in total. The summed E-state index contributed by atoms with van der Waals surface area (Å²) in [6, 6.07) is 8.08. The number of hydrogen-bond donors (Lipinski definition) is 0. The maximum absolute atomic E-state index is 11.0. The molecule has 2 aliphatic heterocycles. The van der Waals surface area contributed by atoms with Crippen LogP contribution in [0.2, 0.25) is 0 Å². The molecule has 0 amide bonds. The van der Waals surface area contributed by atoms with Gasteiger partial charge < -0.3 is 4.84 Å². The third-order valence-electron chi connectivity index (χ3n) is 2.58. The molecule has 1 unspecified atom stereocenters. The van der Waals surface area contributed by atoms with Crippen LogP contribution in [-0.2, 0) is 9.63 Å². The van der Waals surface area contributed by atoms with Crippen LogP contribution in [0, 0.1) is 0 Å². The van der Waals surface area contributed by atoms with Crippen LogP contribution in [0.25, 0.3) is 0 Å². The van der Waals surface area contributed by atoms with E-state index < -0.39 is 0 Å². The second-order valence-electron chi connectivity index (χ2n) is 3.81. The fourth-order valence-electron chi connectivity index (χ4n) is 1.96. The fraction of sp³-hybridized carbons (Fsp3) is 0.273. The van der Waals surface area contributed by atoms with Crippen molar-refractivity contribution in [3.05, 3.63) is 24.3 Å². The second kappa shape index (κ2) is 3.66. The van der Waals surface area contributed by atoms with E-state index in [9.17, 15) is 4.79 Å². The number of amidine groups is 1. The number of anilines is 1. The summed E-state index contributed by atoms with van der Waals surface area (Å²) in [6.07, 6.45) is 0. The van der Waals surface area contributed by atoms with Gasteiger partial charge in [0.05, 0.1) is 5.69 Å². The van der Waals surface area contributed by atoms with E-state index in [4.69, 9.17) is 4.84 Å². The third kappa shape index (κ3) is 1.56. The van der Waals surface area contributed by atoms with Crippen molar-refractivity contribution >= 4 is 29.3 Å². The van der Waals surface area contributed by atoms with Gasteiger partial charge in [-0.15, -0.1) is 5.10 Å². The molecule has 0 N–H and O–H groups in total. The number of nitrogens with zero attached hydrogens (tertiary/aromatic N) is 3. The number of carbonyl (C=O) groups excluding carboxylic acids is 1. The lowest BCUT2D eigenvalue weighted by Gasteiger charge is -2.21. The van der Waals surface area contributed by atoms with Crippen LogP contribution in [0.4, 0.5) is 5.69 Å². The van der Waals surface area contributed by atoms with Crippen molar-refractivity contribution in [2.24, 2.45) is 5.10 Å². The highest BCUT2D eigenvalue weighted by molar-refractivity contribution is 8.00. The zero-order valence-electron chi connectivity index (χ0n) is 9.45. The molecule has 0 fully saturated rings. The van der Waals surface area contributed by atoms with Crippen LogP contribution in [-0.4, -0.2) is 22.5 Å². The molecule has 0 saturated heterocycles. The van der Waals surface area contributed by atoms with Gasteiger partial charge in [0.2, 0.25) is 5.50 Å². The molecule has 1 aromatic carbocycles. The Bertz CT molecular complexity index is 517. The zero-order chi connectivity index (χ0) is 12.0. The Morgan fingerprint density at radius 3 is 3.00 bits per heavy atom. The average molecular weight is 249 g/mol.